The Labute approximate surface area is 177 Å². The molecule has 6 heteroatoms. The molecule has 0 unspecified atom stereocenters. The van der Waals surface area contributed by atoms with Crippen LogP contribution in [-0.2, 0) is 32.6 Å². The first kappa shape index (κ1) is 19.1. The van der Waals surface area contributed by atoms with E-state index in [2.05, 4.69) is 45.4 Å². The number of aromatic nitrogens is 3. The van der Waals surface area contributed by atoms with Gasteiger partial charge in [-0.2, -0.15) is 5.10 Å². The van der Waals surface area contributed by atoms with Gasteiger partial charge in [0.15, 0.2) is 0 Å². The van der Waals surface area contributed by atoms with Crippen LogP contribution in [0, 0.1) is 0 Å². The average molecular weight is 404 g/mol. The Morgan fingerprint density at radius 2 is 1.90 bits per heavy atom. The second-order valence-electron chi connectivity index (χ2n) is 8.90. The van der Waals surface area contributed by atoms with Crippen LogP contribution in [0.4, 0.5) is 0 Å². The third-order valence-electron chi connectivity index (χ3n) is 6.87. The van der Waals surface area contributed by atoms with Crippen LogP contribution < -0.4 is 0 Å². The maximum atomic E-state index is 13.3. The van der Waals surface area contributed by atoms with E-state index in [1.807, 2.05) is 47.9 Å². The molecule has 5 rings (SSSR count). The average Bonchev–Trinajstić information content (AvgIpc) is 3.37. The predicted octanol–water partition coefficient (Wildman–Crippen LogP) is 2.95. The van der Waals surface area contributed by atoms with E-state index in [4.69, 9.17) is 0 Å². The maximum absolute atomic E-state index is 13.3. The Balaban J connectivity index is 1.38. The van der Waals surface area contributed by atoms with Crippen molar-refractivity contribution in [1.82, 2.24) is 24.1 Å². The monoisotopic (exact) mass is 403 g/mol. The van der Waals surface area contributed by atoms with E-state index in [-0.39, 0.29) is 11.3 Å². The van der Waals surface area contributed by atoms with Crippen molar-refractivity contribution < 1.29 is 4.79 Å². The van der Waals surface area contributed by atoms with Crippen molar-refractivity contribution >= 4 is 5.91 Å². The van der Waals surface area contributed by atoms with Crippen molar-refractivity contribution in [3.05, 3.63) is 77.4 Å². The lowest BCUT2D eigenvalue weighted by Gasteiger charge is -2.48. The molecular formula is C24H29N5O. The van der Waals surface area contributed by atoms with E-state index in [1.165, 1.54) is 16.7 Å². The van der Waals surface area contributed by atoms with Gasteiger partial charge in [0.1, 0.15) is 5.69 Å². The molecule has 0 aliphatic carbocycles. The Hall–Kier alpha value is -2.86. The zero-order chi connectivity index (χ0) is 20.7. The normalized spacial score (nSPS) is 18.5. The minimum absolute atomic E-state index is 0.0428. The van der Waals surface area contributed by atoms with Gasteiger partial charge in [0.2, 0.25) is 0 Å². The summed E-state index contributed by atoms with van der Waals surface area (Å²) in [5, 5.41) is 4.30. The number of carbonyl (C=O) groups is 1. The predicted molar refractivity (Wildman–Crippen MR) is 116 cm³/mol. The van der Waals surface area contributed by atoms with Crippen molar-refractivity contribution in [2.24, 2.45) is 14.1 Å². The van der Waals surface area contributed by atoms with Gasteiger partial charge < -0.3 is 9.47 Å². The summed E-state index contributed by atoms with van der Waals surface area (Å²) in [4.78, 5) is 17.9. The lowest BCUT2D eigenvalue weighted by molar-refractivity contribution is 0.0564. The number of likely N-dealkylation sites (tertiary alicyclic amines) is 1. The van der Waals surface area contributed by atoms with E-state index in [0.29, 0.717) is 6.54 Å². The lowest BCUT2D eigenvalue weighted by atomic mass is 9.68. The molecule has 156 valence electrons. The number of hydrogen-bond acceptors (Lipinski definition) is 3. The van der Waals surface area contributed by atoms with Gasteiger partial charge in [-0.15, -0.1) is 0 Å². The molecule has 1 fully saturated rings. The number of rotatable bonds is 3. The van der Waals surface area contributed by atoms with Crippen molar-refractivity contribution in [2.75, 3.05) is 19.6 Å². The highest BCUT2D eigenvalue weighted by Crippen LogP contribution is 2.42. The number of piperidine rings is 1. The first-order valence-corrected chi connectivity index (χ1v) is 10.7. The van der Waals surface area contributed by atoms with Gasteiger partial charge in [-0.3, -0.25) is 14.4 Å². The standard InChI is InChI=1S/C24H29N5O/c1-26-11-5-8-22(26)23(30)29-17-20-6-3-4-7-21(20)24(18-29)9-12-28(13-10-24)16-19-14-25-27(2)15-19/h3-8,11,14-15H,9-10,12-13,16-18H2,1-2H3. The highest BCUT2D eigenvalue weighted by Gasteiger charge is 2.43. The fraction of sp³-hybridized carbons (Fsp3) is 0.417. The Morgan fingerprint density at radius 1 is 1.10 bits per heavy atom. The SMILES string of the molecule is Cn1cc(CN2CCC3(CC2)CN(C(=O)c2cccn2C)Cc2ccccc23)cn1. The number of benzene rings is 1. The highest BCUT2D eigenvalue weighted by molar-refractivity contribution is 5.93. The molecule has 2 aliphatic heterocycles. The third-order valence-corrected chi connectivity index (χ3v) is 6.87. The minimum Gasteiger partial charge on any atom is -0.347 e. The van der Waals surface area contributed by atoms with Gasteiger partial charge in [-0.05, 0) is 49.2 Å². The first-order chi connectivity index (χ1) is 14.5. The molecule has 0 saturated carbocycles. The molecule has 30 heavy (non-hydrogen) atoms. The first-order valence-electron chi connectivity index (χ1n) is 10.7. The molecule has 0 bridgehead atoms. The summed E-state index contributed by atoms with van der Waals surface area (Å²) in [7, 11) is 3.91. The Morgan fingerprint density at radius 3 is 2.60 bits per heavy atom. The number of fused-ring (bicyclic) bond motifs is 2. The second kappa shape index (κ2) is 7.43. The number of amides is 1. The smallest absolute Gasteiger partial charge is 0.270 e. The summed E-state index contributed by atoms with van der Waals surface area (Å²) in [6.07, 6.45) is 8.14. The molecule has 1 aromatic carbocycles. The van der Waals surface area contributed by atoms with Crippen molar-refractivity contribution in [3.63, 3.8) is 0 Å². The third kappa shape index (κ3) is 3.35. The van der Waals surface area contributed by atoms with E-state index < -0.39 is 0 Å². The lowest BCUT2D eigenvalue weighted by Crippen LogP contribution is -2.53. The zero-order valence-electron chi connectivity index (χ0n) is 17.8. The van der Waals surface area contributed by atoms with Gasteiger partial charge in [0, 0.05) is 57.1 Å². The molecule has 4 heterocycles. The Kier molecular flexibility index (Phi) is 4.74. The number of carbonyl (C=O) groups excluding carboxylic acids is 1. The van der Waals surface area contributed by atoms with Crippen molar-refractivity contribution in [3.8, 4) is 0 Å². The molecular weight excluding hydrogens is 374 g/mol. The Bertz CT molecular complexity index is 1060. The molecule has 1 saturated heterocycles. The minimum atomic E-state index is 0.0428. The van der Waals surface area contributed by atoms with Gasteiger partial charge >= 0.3 is 0 Å². The summed E-state index contributed by atoms with van der Waals surface area (Å²) in [5.41, 5.74) is 4.81. The molecule has 2 aromatic heterocycles. The molecule has 3 aromatic rings. The second-order valence-corrected chi connectivity index (χ2v) is 8.90. The van der Waals surface area contributed by atoms with Gasteiger partial charge in [0.25, 0.3) is 5.91 Å². The number of nitrogens with zero attached hydrogens (tertiary/aromatic N) is 5. The largest absolute Gasteiger partial charge is 0.347 e. The van der Waals surface area contributed by atoms with Crippen LogP contribution in [0.2, 0.25) is 0 Å². The van der Waals surface area contributed by atoms with Crippen LogP contribution in [0.5, 0.6) is 0 Å². The summed E-state index contributed by atoms with van der Waals surface area (Å²) in [6, 6.07) is 12.6. The van der Waals surface area contributed by atoms with Crippen molar-refractivity contribution in [1.29, 1.82) is 0 Å². The van der Waals surface area contributed by atoms with Gasteiger partial charge in [-0.1, -0.05) is 24.3 Å². The van der Waals surface area contributed by atoms with Crippen LogP contribution >= 0.6 is 0 Å². The number of aryl methyl sites for hydroxylation is 2. The molecule has 0 N–H and O–H groups in total. The molecule has 6 nitrogen and oxygen atoms in total. The molecule has 2 aliphatic rings. The van der Waals surface area contributed by atoms with Gasteiger partial charge in [0.05, 0.1) is 6.20 Å². The fourth-order valence-corrected chi connectivity index (χ4v) is 5.25. The van der Waals surface area contributed by atoms with Gasteiger partial charge in [-0.25, -0.2) is 0 Å². The summed E-state index contributed by atoms with van der Waals surface area (Å²) in [5.74, 6) is 0.133. The number of hydrogen-bond donors (Lipinski definition) is 0. The van der Waals surface area contributed by atoms with Crippen LogP contribution in [-0.4, -0.2) is 49.7 Å². The zero-order valence-corrected chi connectivity index (χ0v) is 17.8. The van der Waals surface area contributed by atoms with Crippen LogP contribution in [0.3, 0.4) is 0 Å². The molecule has 1 amide bonds. The molecule has 0 atom stereocenters. The highest BCUT2D eigenvalue weighted by atomic mass is 16.2. The summed E-state index contributed by atoms with van der Waals surface area (Å²) >= 11 is 0. The molecule has 1 spiro atoms. The van der Waals surface area contributed by atoms with E-state index >= 15 is 0 Å². The summed E-state index contributed by atoms with van der Waals surface area (Å²) < 4.78 is 3.79. The van der Waals surface area contributed by atoms with E-state index in [0.717, 1.165) is 44.7 Å². The fourth-order valence-electron chi connectivity index (χ4n) is 5.25. The maximum Gasteiger partial charge on any atom is 0.270 e. The van der Waals surface area contributed by atoms with E-state index in [1.54, 1.807) is 0 Å². The van der Waals surface area contributed by atoms with E-state index in [9.17, 15) is 4.79 Å². The summed E-state index contributed by atoms with van der Waals surface area (Å²) in [6.45, 7) is 4.51. The van der Waals surface area contributed by atoms with Crippen molar-refractivity contribution in [2.45, 2.75) is 31.3 Å². The van der Waals surface area contributed by atoms with Crippen LogP contribution in [0.15, 0.2) is 55.0 Å². The van der Waals surface area contributed by atoms with Crippen LogP contribution in [0.25, 0.3) is 0 Å². The molecule has 0 radical (unpaired) electrons. The van der Waals surface area contributed by atoms with Crippen LogP contribution in [0.1, 0.15) is 40.0 Å². The quantitative estimate of drug-likeness (QED) is 0.676. The topological polar surface area (TPSA) is 46.3 Å².